The van der Waals surface area contributed by atoms with Gasteiger partial charge in [-0.05, 0) is 61.6 Å². The van der Waals surface area contributed by atoms with E-state index in [1.54, 1.807) is 17.0 Å². The predicted molar refractivity (Wildman–Crippen MR) is 127 cm³/mol. The average molecular weight is 471 g/mol. The minimum absolute atomic E-state index is 0.0612. The monoisotopic (exact) mass is 470 g/mol. The third-order valence-electron chi connectivity index (χ3n) is 6.45. The Kier molecular flexibility index (Phi) is 7.76. The number of hydrogen-bond acceptors (Lipinski definition) is 4. The van der Waals surface area contributed by atoms with E-state index >= 15 is 0 Å². The van der Waals surface area contributed by atoms with E-state index < -0.39 is 6.04 Å². The first-order valence-corrected chi connectivity index (χ1v) is 12.1. The highest BCUT2D eigenvalue weighted by molar-refractivity contribution is 6.30. The minimum atomic E-state index is -0.563. The fourth-order valence-corrected chi connectivity index (χ4v) is 4.56. The Balaban J connectivity index is 1.44. The van der Waals surface area contributed by atoms with Gasteiger partial charge >= 0.3 is 0 Å². The molecule has 1 heterocycles. The van der Waals surface area contributed by atoms with Gasteiger partial charge in [0.2, 0.25) is 18.6 Å². The summed E-state index contributed by atoms with van der Waals surface area (Å²) in [6.07, 6.45) is 6.38. The number of aryl methyl sites for hydroxylation is 1. The van der Waals surface area contributed by atoms with Crippen molar-refractivity contribution in [2.75, 3.05) is 6.79 Å². The predicted octanol–water partition coefficient (Wildman–Crippen LogP) is 4.87. The van der Waals surface area contributed by atoms with Gasteiger partial charge in [-0.1, -0.05) is 49.1 Å². The number of nitrogens with zero attached hydrogens (tertiary/aromatic N) is 1. The van der Waals surface area contributed by atoms with Gasteiger partial charge in [0.1, 0.15) is 6.04 Å². The largest absolute Gasteiger partial charge is 0.454 e. The molecule has 0 radical (unpaired) electrons. The molecule has 7 heteroatoms. The Morgan fingerprint density at radius 3 is 2.48 bits per heavy atom. The third kappa shape index (κ3) is 6.20. The molecule has 2 amide bonds. The van der Waals surface area contributed by atoms with Crippen molar-refractivity contribution in [1.82, 2.24) is 10.2 Å². The van der Waals surface area contributed by atoms with Crippen LogP contribution >= 0.6 is 11.6 Å². The molecule has 0 saturated heterocycles. The summed E-state index contributed by atoms with van der Waals surface area (Å²) in [7, 11) is 0. The maximum absolute atomic E-state index is 13.3. The zero-order chi connectivity index (χ0) is 23.2. The summed E-state index contributed by atoms with van der Waals surface area (Å²) in [6.45, 7) is 2.39. The molecule has 4 rings (SSSR count). The molecule has 1 saturated carbocycles. The normalized spacial score (nSPS) is 16.3. The molecule has 0 spiro atoms. The second kappa shape index (κ2) is 10.9. The molecular weight excluding hydrogens is 440 g/mol. The molecule has 1 aliphatic heterocycles. The summed E-state index contributed by atoms with van der Waals surface area (Å²) in [5.74, 6) is 1.28. The highest BCUT2D eigenvalue weighted by Gasteiger charge is 2.28. The van der Waals surface area contributed by atoms with Gasteiger partial charge in [0.25, 0.3) is 0 Å². The molecule has 1 aliphatic carbocycles. The third-order valence-corrected chi connectivity index (χ3v) is 6.70. The number of hydrogen-bond donors (Lipinski definition) is 1. The van der Waals surface area contributed by atoms with Crippen molar-refractivity contribution < 1.29 is 19.1 Å². The van der Waals surface area contributed by atoms with E-state index in [1.165, 1.54) is 6.42 Å². The lowest BCUT2D eigenvalue weighted by atomic mass is 9.95. The molecule has 6 nitrogen and oxygen atoms in total. The zero-order valence-electron chi connectivity index (χ0n) is 19.0. The van der Waals surface area contributed by atoms with E-state index in [0.29, 0.717) is 30.2 Å². The van der Waals surface area contributed by atoms with Crippen LogP contribution in [-0.2, 0) is 22.6 Å². The molecule has 1 atom stereocenters. The number of fused-ring (bicyclic) bond motifs is 1. The van der Waals surface area contributed by atoms with Crippen molar-refractivity contribution in [3.8, 4) is 11.5 Å². The fourth-order valence-electron chi connectivity index (χ4n) is 4.43. The van der Waals surface area contributed by atoms with Crippen LogP contribution in [0.15, 0.2) is 42.5 Å². The van der Waals surface area contributed by atoms with Crippen LogP contribution in [-0.4, -0.2) is 35.6 Å². The van der Waals surface area contributed by atoms with E-state index in [0.717, 1.165) is 42.6 Å². The van der Waals surface area contributed by atoms with Crippen LogP contribution in [0.3, 0.4) is 0 Å². The molecule has 0 aromatic heterocycles. The van der Waals surface area contributed by atoms with E-state index in [-0.39, 0.29) is 24.6 Å². The number of amides is 2. The molecular formula is C26H31ClN2O4. The zero-order valence-corrected chi connectivity index (χ0v) is 19.8. The van der Waals surface area contributed by atoms with Gasteiger partial charge < -0.3 is 19.7 Å². The lowest BCUT2D eigenvalue weighted by Crippen LogP contribution is -2.50. The Bertz CT molecular complexity index is 973. The molecule has 1 fully saturated rings. The van der Waals surface area contributed by atoms with Crippen LogP contribution in [0.4, 0.5) is 0 Å². The number of carbonyl (C=O) groups is 2. The van der Waals surface area contributed by atoms with Crippen molar-refractivity contribution in [3.63, 3.8) is 0 Å². The summed E-state index contributed by atoms with van der Waals surface area (Å²) < 4.78 is 10.8. The summed E-state index contributed by atoms with van der Waals surface area (Å²) in [5, 5.41) is 3.81. The van der Waals surface area contributed by atoms with E-state index in [9.17, 15) is 9.59 Å². The van der Waals surface area contributed by atoms with Gasteiger partial charge in [0, 0.05) is 24.0 Å². The van der Waals surface area contributed by atoms with Crippen molar-refractivity contribution in [2.24, 2.45) is 0 Å². The number of rotatable bonds is 8. The van der Waals surface area contributed by atoms with Gasteiger partial charge in [-0.25, -0.2) is 0 Å². The smallest absolute Gasteiger partial charge is 0.242 e. The van der Waals surface area contributed by atoms with Gasteiger partial charge in [-0.15, -0.1) is 0 Å². The number of benzene rings is 2. The number of halogens is 1. The van der Waals surface area contributed by atoms with Crippen LogP contribution in [0.2, 0.25) is 5.02 Å². The Morgan fingerprint density at radius 2 is 1.73 bits per heavy atom. The van der Waals surface area contributed by atoms with Crippen LogP contribution < -0.4 is 14.8 Å². The first-order valence-electron chi connectivity index (χ1n) is 11.7. The quantitative estimate of drug-likeness (QED) is 0.597. The van der Waals surface area contributed by atoms with Crippen LogP contribution in [0.25, 0.3) is 0 Å². The molecule has 2 aliphatic rings. The molecule has 2 aromatic rings. The van der Waals surface area contributed by atoms with E-state index in [4.69, 9.17) is 21.1 Å². The lowest BCUT2D eigenvalue weighted by Gasteiger charge is -2.31. The summed E-state index contributed by atoms with van der Waals surface area (Å²) in [4.78, 5) is 28.0. The Morgan fingerprint density at radius 1 is 1.03 bits per heavy atom. The standard InChI is InChI=1S/C26H31ClN2O4/c1-18(26(31)28-22-5-3-2-4-6-22)29(16-20-7-11-21(27)12-8-20)25(30)14-10-19-9-13-23-24(15-19)33-17-32-23/h7-9,11-13,15,18,22H,2-6,10,14,16-17H2,1H3,(H,28,31)/t18-/m0/s1. The van der Waals surface area contributed by atoms with Crippen LogP contribution in [0.5, 0.6) is 11.5 Å². The van der Waals surface area contributed by atoms with Gasteiger partial charge in [0.15, 0.2) is 11.5 Å². The topological polar surface area (TPSA) is 67.9 Å². The molecule has 176 valence electrons. The van der Waals surface area contributed by atoms with Crippen molar-refractivity contribution in [1.29, 1.82) is 0 Å². The summed E-state index contributed by atoms with van der Waals surface area (Å²) in [5.41, 5.74) is 1.94. The maximum atomic E-state index is 13.3. The second-order valence-electron chi connectivity index (χ2n) is 8.86. The van der Waals surface area contributed by atoms with Crippen molar-refractivity contribution >= 4 is 23.4 Å². The highest BCUT2D eigenvalue weighted by atomic mass is 35.5. The first kappa shape index (κ1) is 23.4. The molecule has 0 unspecified atom stereocenters. The van der Waals surface area contributed by atoms with Crippen molar-refractivity contribution in [3.05, 3.63) is 58.6 Å². The van der Waals surface area contributed by atoms with E-state index in [2.05, 4.69) is 5.32 Å². The summed E-state index contributed by atoms with van der Waals surface area (Å²) in [6, 6.07) is 12.8. The first-order chi connectivity index (χ1) is 16.0. The van der Waals surface area contributed by atoms with Crippen LogP contribution in [0, 0.1) is 0 Å². The van der Waals surface area contributed by atoms with Gasteiger partial charge in [-0.2, -0.15) is 0 Å². The fraction of sp³-hybridized carbons (Fsp3) is 0.462. The van der Waals surface area contributed by atoms with Gasteiger partial charge in [-0.3, -0.25) is 9.59 Å². The Labute approximate surface area is 200 Å². The molecule has 1 N–H and O–H groups in total. The number of ether oxygens (including phenoxy) is 2. The number of nitrogens with one attached hydrogen (secondary N) is 1. The lowest BCUT2D eigenvalue weighted by molar-refractivity contribution is -0.141. The van der Waals surface area contributed by atoms with E-state index in [1.807, 2.05) is 37.3 Å². The van der Waals surface area contributed by atoms with Crippen LogP contribution in [0.1, 0.15) is 56.6 Å². The minimum Gasteiger partial charge on any atom is -0.454 e. The maximum Gasteiger partial charge on any atom is 0.242 e. The highest BCUT2D eigenvalue weighted by Crippen LogP contribution is 2.33. The Hall–Kier alpha value is -2.73. The van der Waals surface area contributed by atoms with Gasteiger partial charge in [0.05, 0.1) is 0 Å². The van der Waals surface area contributed by atoms with Crippen molar-refractivity contribution in [2.45, 2.75) is 70.5 Å². The average Bonchev–Trinajstić information content (AvgIpc) is 3.30. The molecule has 2 aromatic carbocycles. The number of carbonyl (C=O) groups excluding carboxylic acids is 2. The summed E-state index contributed by atoms with van der Waals surface area (Å²) >= 11 is 6.03. The molecule has 33 heavy (non-hydrogen) atoms. The SMILES string of the molecule is C[C@@H](C(=O)NC1CCCCC1)N(Cc1ccc(Cl)cc1)C(=O)CCc1ccc2c(c1)OCO2. The second-order valence-corrected chi connectivity index (χ2v) is 9.29. The molecule has 0 bridgehead atoms.